The molecule has 2 heterocycles. The van der Waals surface area contributed by atoms with Crippen molar-refractivity contribution in [2.45, 2.75) is 6.92 Å². The molecule has 4 rings (SSSR count). The van der Waals surface area contributed by atoms with E-state index in [1.807, 2.05) is 61.7 Å². The predicted molar refractivity (Wildman–Crippen MR) is 86.1 cm³/mol. The zero-order valence-electron chi connectivity index (χ0n) is 12.0. The van der Waals surface area contributed by atoms with E-state index in [0.717, 1.165) is 22.2 Å². The minimum absolute atomic E-state index is 0.379. The van der Waals surface area contributed by atoms with Gasteiger partial charge >= 0.3 is 6.01 Å². The highest BCUT2D eigenvalue weighted by atomic mass is 16.4. The molecule has 4 aromatic rings. The van der Waals surface area contributed by atoms with Crippen molar-refractivity contribution in [2.24, 2.45) is 0 Å². The summed E-state index contributed by atoms with van der Waals surface area (Å²) in [5.41, 5.74) is 4.07. The van der Waals surface area contributed by atoms with Crippen LogP contribution in [-0.4, -0.2) is 15.2 Å². The lowest BCUT2D eigenvalue weighted by Crippen LogP contribution is -1.89. The molecule has 0 radical (unpaired) electrons. The number of aryl methyl sites for hydroxylation is 1. The van der Waals surface area contributed by atoms with E-state index in [2.05, 4.69) is 20.5 Å². The zero-order valence-corrected chi connectivity index (χ0v) is 12.0. The second kappa shape index (κ2) is 5.04. The van der Waals surface area contributed by atoms with E-state index in [1.165, 1.54) is 5.56 Å². The second-order valence-corrected chi connectivity index (χ2v) is 5.15. The summed E-state index contributed by atoms with van der Waals surface area (Å²) >= 11 is 0. The van der Waals surface area contributed by atoms with Crippen LogP contribution in [0.4, 0.5) is 11.7 Å². The maximum Gasteiger partial charge on any atom is 0.320 e. The number of hydrogen-bond acceptors (Lipinski definition) is 4. The molecule has 0 saturated carbocycles. The topological polar surface area (TPSA) is 66.7 Å². The molecule has 0 saturated heterocycles. The number of benzene rings is 2. The van der Waals surface area contributed by atoms with E-state index < -0.39 is 0 Å². The minimum atomic E-state index is 0.379. The van der Waals surface area contributed by atoms with Crippen LogP contribution in [0.5, 0.6) is 0 Å². The van der Waals surface area contributed by atoms with Crippen LogP contribution in [0, 0.1) is 6.92 Å². The Labute approximate surface area is 127 Å². The van der Waals surface area contributed by atoms with Gasteiger partial charge in [-0.2, -0.15) is 0 Å². The molecule has 0 aliphatic heterocycles. The van der Waals surface area contributed by atoms with Crippen LogP contribution in [0.25, 0.3) is 22.4 Å². The van der Waals surface area contributed by atoms with Gasteiger partial charge in [-0.25, -0.2) is 0 Å². The monoisotopic (exact) mass is 290 g/mol. The van der Waals surface area contributed by atoms with E-state index in [-0.39, 0.29) is 0 Å². The average molecular weight is 290 g/mol. The number of nitrogens with one attached hydrogen (secondary N) is 2. The zero-order chi connectivity index (χ0) is 14.9. The van der Waals surface area contributed by atoms with Gasteiger partial charge in [0.1, 0.15) is 0 Å². The van der Waals surface area contributed by atoms with Crippen LogP contribution in [0.2, 0.25) is 0 Å². The first-order valence-corrected chi connectivity index (χ1v) is 7.03. The number of hydrogen-bond donors (Lipinski definition) is 2. The van der Waals surface area contributed by atoms with Crippen LogP contribution in [0.1, 0.15) is 5.56 Å². The summed E-state index contributed by atoms with van der Waals surface area (Å²) in [5.74, 6) is 0.493. The molecule has 108 valence electrons. The Hall–Kier alpha value is -3.08. The highest BCUT2D eigenvalue weighted by molar-refractivity contribution is 5.93. The lowest BCUT2D eigenvalue weighted by atomic mass is 10.2. The molecule has 2 aromatic heterocycles. The molecule has 0 spiro atoms. The lowest BCUT2D eigenvalue weighted by molar-refractivity contribution is 0.588. The van der Waals surface area contributed by atoms with E-state index >= 15 is 0 Å². The van der Waals surface area contributed by atoms with Crippen LogP contribution in [0.3, 0.4) is 0 Å². The van der Waals surface area contributed by atoms with Gasteiger partial charge in [0.25, 0.3) is 5.89 Å². The fourth-order valence-corrected chi connectivity index (χ4v) is 2.39. The van der Waals surface area contributed by atoms with Crippen molar-refractivity contribution in [3.63, 3.8) is 0 Å². The number of rotatable bonds is 3. The van der Waals surface area contributed by atoms with Gasteiger partial charge < -0.3 is 14.7 Å². The summed E-state index contributed by atoms with van der Waals surface area (Å²) in [4.78, 5) is 3.20. The second-order valence-electron chi connectivity index (χ2n) is 5.15. The maximum absolute atomic E-state index is 5.72. The van der Waals surface area contributed by atoms with Crippen molar-refractivity contribution in [3.05, 3.63) is 60.3 Å². The summed E-state index contributed by atoms with van der Waals surface area (Å²) in [6, 6.07) is 16.4. The Morgan fingerprint density at radius 3 is 2.68 bits per heavy atom. The normalized spacial score (nSPS) is 11.0. The Kier molecular flexibility index (Phi) is 2.89. The molecule has 22 heavy (non-hydrogen) atoms. The summed E-state index contributed by atoms with van der Waals surface area (Å²) in [6.45, 7) is 2.05. The Morgan fingerprint density at radius 1 is 1.00 bits per heavy atom. The van der Waals surface area contributed by atoms with Crippen molar-refractivity contribution in [3.8, 4) is 11.5 Å². The molecule has 2 N–H and O–H groups in total. The smallest absolute Gasteiger partial charge is 0.320 e. The standard InChI is InChI=1S/C17H14N4O/c1-11-6-8-12(9-7-11)19-17-21-20-16(22-17)14-10-18-15-5-3-2-4-13(14)15/h2-10,18H,1H3,(H,19,21). The summed E-state index contributed by atoms with van der Waals surface area (Å²) < 4.78 is 5.72. The predicted octanol–water partition coefficient (Wildman–Crippen LogP) is 4.27. The van der Waals surface area contributed by atoms with Crippen molar-refractivity contribution in [2.75, 3.05) is 5.32 Å². The Bertz CT molecular complexity index is 921. The number of fused-ring (bicyclic) bond motifs is 1. The van der Waals surface area contributed by atoms with Gasteiger partial charge in [0, 0.05) is 22.8 Å². The summed E-state index contributed by atoms with van der Waals surface area (Å²) in [7, 11) is 0. The van der Waals surface area contributed by atoms with Crippen molar-refractivity contribution in [1.82, 2.24) is 15.2 Å². The first-order chi connectivity index (χ1) is 10.8. The largest absolute Gasteiger partial charge is 0.403 e. The molecule has 0 atom stereocenters. The average Bonchev–Trinajstić information content (AvgIpc) is 3.16. The maximum atomic E-state index is 5.72. The van der Waals surface area contributed by atoms with Gasteiger partial charge in [-0.3, -0.25) is 0 Å². The molecular weight excluding hydrogens is 276 g/mol. The molecule has 0 amide bonds. The summed E-state index contributed by atoms with van der Waals surface area (Å²) in [6.07, 6.45) is 1.88. The highest BCUT2D eigenvalue weighted by Gasteiger charge is 2.13. The van der Waals surface area contributed by atoms with Gasteiger partial charge in [-0.05, 0) is 25.1 Å². The fraction of sp³-hybridized carbons (Fsp3) is 0.0588. The SMILES string of the molecule is Cc1ccc(Nc2nnc(-c3c[nH]c4ccccc34)o2)cc1. The van der Waals surface area contributed by atoms with Crippen LogP contribution < -0.4 is 5.32 Å². The third-order valence-corrected chi connectivity index (χ3v) is 3.55. The Balaban J connectivity index is 1.65. The van der Waals surface area contributed by atoms with Crippen LogP contribution in [0.15, 0.2) is 59.1 Å². The molecular formula is C17H14N4O. The first-order valence-electron chi connectivity index (χ1n) is 7.03. The van der Waals surface area contributed by atoms with E-state index in [4.69, 9.17) is 4.42 Å². The number of anilines is 2. The van der Waals surface area contributed by atoms with Gasteiger partial charge in [-0.15, -0.1) is 5.10 Å². The third kappa shape index (κ3) is 2.22. The number of aromatic nitrogens is 3. The third-order valence-electron chi connectivity index (χ3n) is 3.55. The number of nitrogens with zero attached hydrogens (tertiary/aromatic N) is 2. The van der Waals surface area contributed by atoms with Crippen molar-refractivity contribution in [1.29, 1.82) is 0 Å². The molecule has 0 bridgehead atoms. The summed E-state index contributed by atoms with van der Waals surface area (Å²) in [5, 5.41) is 12.4. The molecule has 0 fully saturated rings. The number of aromatic amines is 1. The first kappa shape index (κ1) is 12.6. The fourth-order valence-electron chi connectivity index (χ4n) is 2.39. The van der Waals surface area contributed by atoms with Crippen molar-refractivity contribution < 1.29 is 4.42 Å². The minimum Gasteiger partial charge on any atom is -0.403 e. The van der Waals surface area contributed by atoms with Gasteiger partial charge in [0.05, 0.1) is 5.56 Å². The van der Waals surface area contributed by atoms with Gasteiger partial charge in [0.15, 0.2) is 0 Å². The van der Waals surface area contributed by atoms with Crippen molar-refractivity contribution >= 4 is 22.6 Å². The molecule has 2 aromatic carbocycles. The molecule has 0 aliphatic carbocycles. The van der Waals surface area contributed by atoms with Crippen LogP contribution in [-0.2, 0) is 0 Å². The Morgan fingerprint density at radius 2 is 1.82 bits per heavy atom. The van der Waals surface area contributed by atoms with E-state index in [9.17, 15) is 0 Å². The molecule has 0 unspecified atom stereocenters. The van der Waals surface area contributed by atoms with Gasteiger partial charge in [0.2, 0.25) is 0 Å². The number of para-hydroxylation sites is 1. The molecule has 5 nitrogen and oxygen atoms in total. The van der Waals surface area contributed by atoms with Gasteiger partial charge in [-0.1, -0.05) is 41.0 Å². The molecule has 5 heteroatoms. The highest BCUT2D eigenvalue weighted by Crippen LogP contribution is 2.28. The van der Waals surface area contributed by atoms with E-state index in [0.29, 0.717) is 11.9 Å². The quantitative estimate of drug-likeness (QED) is 0.591. The van der Waals surface area contributed by atoms with E-state index in [1.54, 1.807) is 0 Å². The number of H-pyrrole nitrogens is 1. The lowest BCUT2D eigenvalue weighted by Gasteiger charge is -2.00. The van der Waals surface area contributed by atoms with Crippen LogP contribution >= 0.6 is 0 Å². The molecule has 0 aliphatic rings.